The number of benzene rings is 2. The molecule has 7 nitrogen and oxygen atoms in total. The van der Waals surface area contributed by atoms with Crippen molar-refractivity contribution >= 4 is 17.5 Å². The lowest BCUT2D eigenvalue weighted by Crippen LogP contribution is -2.23. The summed E-state index contributed by atoms with van der Waals surface area (Å²) in [7, 11) is 0. The molecular formula is C23H26ClN3O4. The van der Waals surface area contributed by atoms with E-state index in [1.54, 1.807) is 18.2 Å². The van der Waals surface area contributed by atoms with Crippen LogP contribution >= 0.6 is 11.6 Å². The van der Waals surface area contributed by atoms with E-state index in [-0.39, 0.29) is 5.91 Å². The number of nitrogens with one attached hydrogen (secondary N) is 2. The molecule has 1 heterocycles. The van der Waals surface area contributed by atoms with Gasteiger partial charge in [0.15, 0.2) is 11.5 Å². The highest BCUT2D eigenvalue weighted by molar-refractivity contribution is 6.30. The highest BCUT2D eigenvalue weighted by Gasteiger charge is 2.16. The Morgan fingerprint density at radius 3 is 2.16 bits per heavy atom. The zero-order chi connectivity index (χ0) is 22.2. The molecule has 0 saturated carbocycles. The minimum Gasteiger partial charge on any atom is -0.490 e. The topological polar surface area (TPSA) is 85.5 Å². The minimum atomic E-state index is -0.266. The Balaban J connectivity index is 1.74. The number of carbonyl (C=O) groups excluding carboxylic acids is 1. The third-order valence-electron chi connectivity index (χ3n) is 4.38. The van der Waals surface area contributed by atoms with Crippen LogP contribution in [0.5, 0.6) is 17.2 Å². The summed E-state index contributed by atoms with van der Waals surface area (Å²) in [6.45, 7) is 7.48. The van der Waals surface area contributed by atoms with E-state index in [2.05, 4.69) is 15.5 Å². The number of hydrogen-bond acceptors (Lipinski definition) is 5. The molecule has 164 valence electrons. The first-order valence-electron chi connectivity index (χ1n) is 10.2. The van der Waals surface area contributed by atoms with Gasteiger partial charge < -0.3 is 19.5 Å². The second-order valence-corrected chi connectivity index (χ2v) is 7.01. The largest absolute Gasteiger partial charge is 0.490 e. The average Bonchev–Trinajstić information content (AvgIpc) is 3.25. The van der Waals surface area contributed by atoms with Crippen LogP contribution in [0.3, 0.4) is 0 Å². The maximum absolute atomic E-state index is 12.6. The molecule has 0 saturated heterocycles. The molecule has 0 bridgehead atoms. The first-order valence-corrected chi connectivity index (χ1v) is 10.6. The van der Waals surface area contributed by atoms with Crippen LogP contribution in [0.25, 0.3) is 11.3 Å². The molecule has 2 aromatic carbocycles. The van der Waals surface area contributed by atoms with E-state index in [9.17, 15) is 4.79 Å². The molecule has 3 rings (SSSR count). The molecule has 0 atom stereocenters. The van der Waals surface area contributed by atoms with Crippen LogP contribution in [0.2, 0.25) is 5.02 Å². The summed E-state index contributed by atoms with van der Waals surface area (Å²) < 4.78 is 17.2. The number of nitrogens with zero attached hydrogens (tertiary/aromatic N) is 1. The second-order valence-electron chi connectivity index (χ2n) is 6.58. The van der Waals surface area contributed by atoms with Crippen molar-refractivity contribution in [3.8, 4) is 28.5 Å². The van der Waals surface area contributed by atoms with Gasteiger partial charge in [-0.3, -0.25) is 9.89 Å². The number of ether oxygens (including phenoxy) is 3. The summed E-state index contributed by atoms with van der Waals surface area (Å²) in [6, 6.07) is 12.7. The first kappa shape index (κ1) is 22.5. The van der Waals surface area contributed by atoms with E-state index >= 15 is 0 Å². The lowest BCUT2D eigenvalue weighted by molar-refractivity contribution is 0.0945. The number of H-pyrrole nitrogens is 1. The number of hydrogen-bond donors (Lipinski definition) is 2. The van der Waals surface area contributed by atoms with Gasteiger partial charge in [-0.15, -0.1) is 0 Å². The van der Waals surface area contributed by atoms with Gasteiger partial charge in [-0.2, -0.15) is 5.10 Å². The fourth-order valence-corrected chi connectivity index (χ4v) is 3.16. The van der Waals surface area contributed by atoms with Gasteiger partial charge in [0, 0.05) is 17.1 Å². The Hall–Kier alpha value is -3.19. The van der Waals surface area contributed by atoms with E-state index < -0.39 is 0 Å². The van der Waals surface area contributed by atoms with Crippen molar-refractivity contribution in [3.63, 3.8) is 0 Å². The van der Waals surface area contributed by atoms with Crippen LogP contribution in [0, 0.1) is 0 Å². The standard InChI is InChI=1S/C23H26ClN3O4/c1-4-29-20-11-15(12-21(30-5-2)22(20)31-6-3)14-25-23(28)19-13-18(26-27-19)16-7-9-17(24)10-8-16/h7-13H,4-6,14H2,1-3H3,(H,25,28)(H,26,27). The van der Waals surface area contributed by atoms with Gasteiger partial charge in [0.2, 0.25) is 5.75 Å². The molecule has 8 heteroatoms. The van der Waals surface area contributed by atoms with Gasteiger partial charge in [-0.1, -0.05) is 23.7 Å². The maximum atomic E-state index is 12.6. The molecule has 2 N–H and O–H groups in total. The minimum absolute atomic E-state index is 0.266. The number of aromatic nitrogens is 2. The summed E-state index contributed by atoms with van der Waals surface area (Å²) >= 11 is 5.93. The Labute approximate surface area is 186 Å². The second kappa shape index (κ2) is 10.7. The predicted octanol–water partition coefficient (Wildman–Crippen LogP) is 4.86. The fraction of sp³-hybridized carbons (Fsp3) is 0.304. The molecular weight excluding hydrogens is 418 g/mol. The van der Waals surface area contributed by atoms with Gasteiger partial charge in [-0.05, 0) is 56.7 Å². The van der Waals surface area contributed by atoms with Crippen LogP contribution < -0.4 is 19.5 Å². The normalized spacial score (nSPS) is 10.6. The average molecular weight is 444 g/mol. The zero-order valence-corrected chi connectivity index (χ0v) is 18.6. The van der Waals surface area contributed by atoms with E-state index in [1.165, 1.54) is 0 Å². The SMILES string of the molecule is CCOc1cc(CNC(=O)c2cc(-c3ccc(Cl)cc3)n[nH]2)cc(OCC)c1OCC. The van der Waals surface area contributed by atoms with Crippen molar-refractivity contribution in [2.75, 3.05) is 19.8 Å². The Morgan fingerprint density at radius 1 is 0.968 bits per heavy atom. The van der Waals surface area contributed by atoms with Gasteiger partial charge in [0.25, 0.3) is 5.91 Å². The quantitative estimate of drug-likeness (QED) is 0.467. The van der Waals surface area contributed by atoms with E-state index in [0.717, 1.165) is 11.1 Å². The predicted molar refractivity (Wildman–Crippen MR) is 120 cm³/mol. The van der Waals surface area contributed by atoms with E-state index in [4.69, 9.17) is 25.8 Å². The lowest BCUT2D eigenvalue weighted by atomic mass is 10.1. The number of halogens is 1. The molecule has 3 aromatic rings. The third kappa shape index (κ3) is 5.70. The molecule has 0 aliphatic carbocycles. The van der Waals surface area contributed by atoms with Crippen LogP contribution in [-0.4, -0.2) is 35.9 Å². The highest BCUT2D eigenvalue weighted by Crippen LogP contribution is 2.39. The van der Waals surface area contributed by atoms with Gasteiger partial charge in [0.1, 0.15) is 5.69 Å². The fourth-order valence-electron chi connectivity index (χ4n) is 3.03. The molecule has 0 spiro atoms. The summed E-state index contributed by atoms with van der Waals surface area (Å²) in [5.74, 6) is 1.48. The number of amides is 1. The maximum Gasteiger partial charge on any atom is 0.269 e. The van der Waals surface area contributed by atoms with Gasteiger partial charge >= 0.3 is 0 Å². The van der Waals surface area contributed by atoms with Crippen molar-refractivity contribution in [1.82, 2.24) is 15.5 Å². The van der Waals surface area contributed by atoms with E-state index in [0.29, 0.717) is 60.0 Å². The van der Waals surface area contributed by atoms with Crippen molar-refractivity contribution in [3.05, 3.63) is 58.7 Å². The molecule has 1 aromatic heterocycles. The summed E-state index contributed by atoms with van der Waals surface area (Å²) in [5, 5.41) is 10.5. The Morgan fingerprint density at radius 2 is 1.58 bits per heavy atom. The van der Waals surface area contributed by atoms with Crippen molar-refractivity contribution in [2.24, 2.45) is 0 Å². The summed E-state index contributed by atoms with van der Waals surface area (Å²) in [5.41, 5.74) is 2.74. The molecule has 0 unspecified atom stereocenters. The molecule has 0 aliphatic heterocycles. The smallest absolute Gasteiger partial charge is 0.269 e. The van der Waals surface area contributed by atoms with Gasteiger partial charge in [-0.25, -0.2) is 0 Å². The van der Waals surface area contributed by atoms with Crippen molar-refractivity contribution in [2.45, 2.75) is 27.3 Å². The van der Waals surface area contributed by atoms with Crippen LogP contribution in [0.15, 0.2) is 42.5 Å². The molecule has 1 amide bonds. The van der Waals surface area contributed by atoms with Crippen LogP contribution in [-0.2, 0) is 6.54 Å². The van der Waals surface area contributed by atoms with Crippen LogP contribution in [0.4, 0.5) is 0 Å². The molecule has 0 fully saturated rings. The molecule has 0 aliphatic rings. The Bertz CT molecular complexity index is 991. The first-order chi connectivity index (χ1) is 15.0. The molecule has 31 heavy (non-hydrogen) atoms. The van der Waals surface area contributed by atoms with E-state index in [1.807, 2.05) is 45.0 Å². The zero-order valence-electron chi connectivity index (χ0n) is 17.8. The number of carbonyl (C=O) groups is 1. The van der Waals surface area contributed by atoms with Crippen LogP contribution in [0.1, 0.15) is 36.8 Å². The highest BCUT2D eigenvalue weighted by atomic mass is 35.5. The van der Waals surface area contributed by atoms with Crippen molar-refractivity contribution < 1.29 is 19.0 Å². The Kier molecular flexibility index (Phi) is 7.78. The van der Waals surface area contributed by atoms with Crippen molar-refractivity contribution in [1.29, 1.82) is 0 Å². The lowest BCUT2D eigenvalue weighted by Gasteiger charge is -2.17. The number of aromatic amines is 1. The van der Waals surface area contributed by atoms with Gasteiger partial charge in [0.05, 0.1) is 25.5 Å². The number of rotatable bonds is 10. The molecule has 0 radical (unpaired) electrons. The summed E-state index contributed by atoms with van der Waals surface area (Å²) in [4.78, 5) is 12.6. The third-order valence-corrected chi connectivity index (χ3v) is 4.64. The monoisotopic (exact) mass is 443 g/mol. The summed E-state index contributed by atoms with van der Waals surface area (Å²) in [6.07, 6.45) is 0.